The first-order chi connectivity index (χ1) is 5.08. The zero-order valence-corrected chi connectivity index (χ0v) is 11.1. The third-order valence-electron chi connectivity index (χ3n) is 1.58. The molecule has 0 unspecified atom stereocenters. The molecular formula is C10H15BrMg. The average molecular weight is 239 g/mol. The Morgan fingerprint density at radius 3 is 1.92 bits per heavy atom. The fourth-order valence-electron chi connectivity index (χ4n) is 1.21. The van der Waals surface area contributed by atoms with Crippen molar-refractivity contribution in [2.24, 2.45) is 0 Å². The van der Waals surface area contributed by atoms with Gasteiger partial charge in [0.2, 0.25) is 0 Å². The van der Waals surface area contributed by atoms with Crippen LogP contribution in [0.15, 0.2) is 30.3 Å². The van der Waals surface area contributed by atoms with Crippen molar-refractivity contribution < 1.29 is 0 Å². The number of hydrogen-bond acceptors (Lipinski definition) is 0. The lowest BCUT2D eigenvalue weighted by Crippen LogP contribution is -2.22. The molecule has 0 spiro atoms. The second-order valence-corrected chi connectivity index (χ2v) is 7.51. The third-order valence-corrected chi connectivity index (χ3v) is 3.52. The summed E-state index contributed by atoms with van der Waals surface area (Å²) < 4.78 is 2.11. The third kappa shape index (κ3) is 5.17. The van der Waals surface area contributed by atoms with Crippen molar-refractivity contribution >= 4 is 41.0 Å². The Labute approximate surface area is 95.2 Å². The summed E-state index contributed by atoms with van der Waals surface area (Å²) in [5.74, 6) is 0. The van der Waals surface area contributed by atoms with Gasteiger partial charge in [-0.2, -0.15) is 3.69 Å². The topological polar surface area (TPSA) is 0 Å². The van der Waals surface area contributed by atoms with Gasteiger partial charge in [-0.1, -0.05) is 51.1 Å². The standard InChI is InChI=1S/C6H5.C4H9.BrH.Mg/c1-2-4-6-5-3-1;1-4(2)3;;/h1-5H;1-3H3;1H;. The van der Waals surface area contributed by atoms with Crippen LogP contribution in [0.4, 0.5) is 0 Å². The number of halogens is 1. The summed E-state index contributed by atoms with van der Waals surface area (Å²) >= 11 is -0.0731. The highest BCUT2D eigenvalue weighted by Gasteiger charge is 2.15. The van der Waals surface area contributed by atoms with Crippen molar-refractivity contribution in [3.63, 3.8) is 0 Å². The predicted octanol–water partition coefficient (Wildman–Crippen LogP) is 2.81. The summed E-state index contributed by atoms with van der Waals surface area (Å²) in [6, 6.07) is 10.8. The molecule has 0 N–H and O–H groups in total. The number of rotatable bonds is 1. The average Bonchev–Trinajstić information content (AvgIpc) is 1.85. The van der Waals surface area contributed by atoms with Gasteiger partial charge in [-0.3, -0.25) is 0 Å². The summed E-state index contributed by atoms with van der Waals surface area (Å²) in [6.07, 6.45) is 0. The molecule has 0 bridgehead atoms. The lowest BCUT2D eigenvalue weighted by molar-refractivity contribution is 0.759. The number of benzene rings is 1. The number of hydrogen-bond donors (Lipinski definition) is 0. The van der Waals surface area contributed by atoms with Crippen molar-refractivity contribution in [1.29, 1.82) is 0 Å². The van der Waals surface area contributed by atoms with Gasteiger partial charge in [0.1, 0.15) is 0 Å². The molecule has 0 aliphatic heterocycles. The van der Waals surface area contributed by atoms with Crippen LogP contribution in [0.25, 0.3) is 0 Å². The van der Waals surface area contributed by atoms with Gasteiger partial charge >= 0.3 is 20.4 Å². The van der Waals surface area contributed by atoms with E-state index in [1.54, 1.807) is 3.69 Å². The molecule has 0 radical (unpaired) electrons. The van der Waals surface area contributed by atoms with Gasteiger partial charge in [-0.05, 0) is 0 Å². The first-order valence-corrected chi connectivity index (χ1v) is 5.53. The van der Waals surface area contributed by atoms with Crippen molar-refractivity contribution in [3.05, 3.63) is 30.3 Å². The largest absolute Gasteiger partial charge is 0.415 e. The fourth-order valence-corrected chi connectivity index (χ4v) is 2.94. The van der Waals surface area contributed by atoms with E-state index in [4.69, 9.17) is 0 Å². The summed E-state index contributed by atoms with van der Waals surface area (Å²) in [5, 5.41) is 0. The smallest absolute Gasteiger partial charge is 0.173 e. The van der Waals surface area contributed by atoms with Crippen LogP contribution < -0.4 is 3.69 Å². The van der Waals surface area contributed by atoms with E-state index < -0.39 is 0 Å². The molecule has 0 aliphatic carbocycles. The molecule has 0 amide bonds. The molecule has 0 saturated heterocycles. The Balaban J connectivity index is 0.00000121. The Morgan fingerprint density at radius 1 is 1.00 bits per heavy atom. The van der Waals surface area contributed by atoms with Crippen LogP contribution in [-0.2, 0) is 0 Å². The van der Waals surface area contributed by atoms with Crippen LogP contribution in [0.5, 0.6) is 0 Å². The van der Waals surface area contributed by atoms with E-state index in [2.05, 4.69) is 51.1 Å². The Morgan fingerprint density at radius 2 is 1.50 bits per heavy atom. The van der Waals surface area contributed by atoms with Gasteiger partial charge in [0.05, 0.1) is 0 Å². The highest BCUT2D eigenvalue weighted by molar-refractivity contribution is 8.93. The summed E-state index contributed by atoms with van der Waals surface area (Å²) in [4.78, 5) is 0. The maximum absolute atomic E-state index is 2.33. The van der Waals surface area contributed by atoms with E-state index in [1.807, 2.05) is 0 Å². The van der Waals surface area contributed by atoms with Crippen LogP contribution in [0, 0.1) is 0 Å². The van der Waals surface area contributed by atoms with Crippen molar-refractivity contribution in [2.45, 2.75) is 24.3 Å². The molecule has 64 valence electrons. The lowest BCUT2D eigenvalue weighted by atomic mass is 10.2. The normalized spacial score (nSPS) is 9.92. The minimum absolute atomic E-state index is 0. The maximum atomic E-state index is 2.33. The maximum Gasteiger partial charge on any atom is 0.415 e. The molecule has 0 atom stereocenters. The summed E-state index contributed by atoms with van der Waals surface area (Å²) in [7, 11) is 0. The van der Waals surface area contributed by atoms with Gasteiger partial charge in [0.15, 0.2) is 0 Å². The summed E-state index contributed by atoms with van der Waals surface area (Å²) in [5.41, 5.74) is 0. The molecule has 0 aromatic heterocycles. The molecular weight excluding hydrogens is 224 g/mol. The zero-order valence-electron chi connectivity index (χ0n) is 8.00. The highest BCUT2D eigenvalue weighted by atomic mass is 79.9. The molecule has 0 aliphatic rings. The second-order valence-electron chi connectivity index (χ2n) is 4.22. The molecule has 1 aromatic rings. The van der Waals surface area contributed by atoms with E-state index in [0.717, 1.165) is 0 Å². The lowest BCUT2D eigenvalue weighted by Gasteiger charge is -2.16. The zero-order chi connectivity index (χ0) is 8.32. The molecule has 0 heterocycles. The van der Waals surface area contributed by atoms with Gasteiger partial charge in [-0.15, -0.1) is 20.5 Å². The van der Waals surface area contributed by atoms with Gasteiger partial charge in [-0.25, -0.2) is 0 Å². The Kier molecular flexibility index (Phi) is 5.45. The quantitative estimate of drug-likeness (QED) is 0.661. The van der Waals surface area contributed by atoms with Crippen molar-refractivity contribution in [1.82, 2.24) is 0 Å². The Bertz CT molecular complexity index is 213. The molecule has 1 rings (SSSR count). The highest BCUT2D eigenvalue weighted by Crippen LogP contribution is 2.19. The second kappa shape index (κ2) is 5.25. The predicted molar refractivity (Wildman–Crippen MR) is 61.9 cm³/mol. The minimum atomic E-state index is -0.0731. The van der Waals surface area contributed by atoms with Gasteiger partial charge < -0.3 is 0 Å². The van der Waals surface area contributed by atoms with E-state index in [-0.39, 0.29) is 37.3 Å². The monoisotopic (exact) mass is 238 g/mol. The van der Waals surface area contributed by atoms with Gasteiger partial charge in [0, 0.05) is 0 Å². The van der Waals surface area contributed by atoms with E-state index in [1.165, 1.54) is 0 Å². The van der Waals surface area contributed by atoms with Gasteiger partial charge in [0.25, 0.3) is 0 Å². The molecule has 2 heteroatoms. The van der Waals surface area contributed by atoms with Crippen LogP contribution in [0.3, 0.4) is 0 Å². The molecule has 0 nitrogen and oxygen atoms in total. The van der Waals surface area contributed by atoms with E-state index in [9.17, 15) is 0 Å². The van der Waals surface area contributed by atoms with Crippen LogP contribution >= 0.6 is 17.0 Å². The molecule has 0 saturated carbocycles. The van der Waals surface area contributed by atoms with E-state index >= 15 is 0 Å². The SMILES string of the molecule is Br.C[C](C)(C)[Mg][c]1ccccc1. The molecule has 0 fully saturated rings. The van der Waals surface area contributed by atoms with Crippen molar-refractivity contribution in [3.8, 4) is 0 Å². The molecule has 1 aromatic carbocycles. The van der Waals surface area contributed by atoms with Crippen LogP contribution in [0.1, 0.15) is 20.8 Å². The fraction of sp³-hybridized carbons (Fsp3) is 0.400. The Hall–Kier alpha value is 0.466. The first-order valence-electron chi connectivity index (χ1n) is 4.12. The van der Waals surface area contributed by atoms with E-state index in [0.29, 0.717) is 3.54 Å². The van der Waals surface area contributed by atoms with Crippen molar-refractivity contribution in [2.75, 3.05) is 0 Å². The first kappa shape index (κ1) is 12.5. The molecule has 12 heavy (non-hydrogen) atoms. The van der Waals surface area contributed by atoms with Crippen LogP contribution in [0.2, 0.25) is 3.54 Å². The minimum Gasteiger partial charge on any atom is -0.173 e. The summed E-state index contributed by atoms with van der Waals surface area (Å²) in [6.45, 7) is 6.98. The van der Waals surface area contributed by atoms with Crippen LogP contribution in [-0.4, -0.2) is 20.4 Å².